The number of amides is 1. The molecule has 1 aliphatic carbocycles. The quantitative estimate of drug-likeness (QED) is 0.728. The van der Waals surface area contributed by atoms with Crippen molar-refractivity contribution in [3.8, 4) is 0 Å². The van der Waals surface area contributed by atoms with E-state index < -0.39 is 0 Å². The van der Waals surface area contributed by atoms with Crippen LogP contribution in [0.5, 0.6) is 0 Å². The molecule has 0 bridgehead atoms. The topological polar surface area (TPSA) is 20.3 Å². The van der Waals surface area contributed by atoms with E-state index in [1.165, 1.54) is 17.5 Å². The van der Waals surface area contributed by atoms with Gasteiger partial charge in [0.25, 0.3) is 5.91 Å². The molecule has 2 nitrogen and oxygen atoms in total. The zero-order valence-electron chi connectivity index (χ0n) is 11.6. The Bertz CT molecular complexity index is 444. The summed E-state index contributed by atoms with van der Waals surface area (Å²) in [6.45, 7) is 3.58. The van der Waals surface area contributed by atoms with Crippen molar-refractivity contribution in [1.82, 2.24) is 4.90 Å². The van der Waals surface area contributed by atoms with Crippen LogP contribution in [0.4, 0.5) is 0 Å². The lowest BCUT2D eigenvalue weighted by Gasteiger charge is -2.22. The largest absolute Gasteiger partial charge is 0.337 e. The Labute approximate surface area is 120 Å². The smallest absolute Gasteiger partial charge is 0.253 e. The van der Waals surface area contributed by atoms with E-state index in [9.17, 15) is 4.79 Å². The molecule has 0 radical (unpaired) electrons. The van der Waals surface area contributed by atoms with Gasteiger partial charge in [0.05, 0.1) is 0 Å². The second-order valence-electron chi connectivity index (χ2n) is 5.17. The molecule has 1 aromatic carbocycles. The number of unbranched alkanes of at least 4 members (excludes halogenated alkanes) is 1. The van der Waals surface area contributed by atoms with Gasteiger partial charge >= 0.3 is 0 Å². The van der Waals surface area contributed by atoms with Gasteiger partial charge in [0.2, 0.25) is 0 Å². The molecule has 0 N–H and O–H groups in total. The van der Waals surface area contributed by atoms with Crippen LogP contribution in [0.2, 0.25) is 0 Å². The molecule has 3 heteroatoms. The molecule has 0 heterocycles. The number of carbonyl (C=O) groups is 1. The van der Waals surface area contributed by atoms with Crippen LogP contribution >= 0.6 is 11.6 Å². The van der Waals surface area contributed by atoms with Crippen LogP contribution < -0.4 is 0 Å². The van der Waals surface area contributed by atoms with E-state index in [0.29, 0.717) is 12.4 Å². The average Bonchev–Trinajstić information content (AvgIpc) is 2.90. The van der Waals surface area contributed by atoms with Gasteiger partial charge in [0.1, 0.15) is 0 Å². The molecule has 0 atom stereocenters. The molecule has 0 fully saturated rings. The minimum absolute atomic E-state index is 0.129. The highest BCUT2D eigenvalue weighted by Gasteiger charge is 2.18. The molecule has 0 saturated carbocycles. The monoisotopic (exact) mass is 279 g/mol. The van der Waals surface area contributed by atoms with Crippen molar-refractivity contribution in [2.75, 3.05) is 19.0 Å². The Balaban J connectivity index is 2.11. The van der Waals surface area contributed by atoms with Crippen molar-refractivity contribution < 1.29 is 4.79 Å². The van der Waals surface area contributed by atoms with Crippen molar-refractivity contribution in [2.24, 2.45) is 0 Å². The third-order valence-corrected chi connectivity index (χ3v) is 3.94. The van der Waals surface area contributed by atoms with E-state index in [0.717, 1.165) is 37.8 Å². The first kappa shape index (κ1) is 14.4. The van der Waals surface area contributed by atoms with Crippen LogP contribution in [0.1, 0.15) is 47.7 Å². The second kappa shape index (κ2) is 6.95. The number of fused-ring (bicyclic) bond motifs is 1. The summed E-state index contributed by atoms with van der Waals surface area (Å²) in [5, 5.41) is 0. The number of benzene rings is 1. The first-order valence-electron chi connectivity index (χ1n) is 7.23. The summed E-state index contributed by atoms with van der Waals surface area (Å²) in [4.78, 5) is 14.4. The van der Waals surface area contributed by atoms with Crippen molar-refractivity contribution in [3.05, 3.63) is 34.9 Å². The molecule has 2 rings (SSSR count). The third-order valence-electron chi connectivity index (χ3n) is 3.77. The molecule has 0 spiro atoms. The predicted molar refractivity (Wildman–Crippen MR) is 80.0 cm³/mol. The highest BCUT2D eigenvalue weighted by Crippen LogP contribution is 2.23. The van der Waals surface area contributed by atoms with Crippen LogP contribution in [-0.2, 0) is 12.8 Å². The Kier molecular flexibility index (Phi) is 5.26. The van der Waals surface area contributed by atoms with Crippen LogP contribution in [0.25, 0.3) is 0 Å². The number of carbonyl (C=O) groups excluding carboxylic acids is 1. The lowest BCUT2D eigenvalue weighted by Crippen LogP contribution is -2.33. The maximum atomic E-state index is 12.5. The first-order valence-corrected chi connectivity index (χ1v) is 7.76. The number of aryl methyl sites for hydroxylation is 2. The zero-order chi connectivity index (χ0) is 13.7. The molecule has 1 aromatic rings. The van der Waals surface area contributed by atoms with E-state index in [-0.39, 0.29) is 5.91 Å². The van der Waals surface area contributed by atoms with Gasteiger partial charge in [0.15, 0.2) is 0 Å². The van der Waals surface area contributed by atoms with Gasteiger partial charge in [-0.25, -0.2) is 0 Å². The molecule has 0 aromatic heterocycles. The van der Waals surface area contributed by atoms with Crippen molar-refractivity contribution in [1.29, 1.82) is 0 Å². The molecule has 0 aliphatic heterocycles. The fourth-order valence-corrected chi connectivity index (χ4v) is 2.86. The van der Waals surface area contributed by atoms with Gasteiger partial charge in [-0.2, -0.15) is 0 Å². The number of halogens is 1. The minimum atomic E-state index is 0.129. The number of hydrogen-bond donors (Lipinski definition) is 0. The fraction of sp³-hybridized carbons (Fsp3) is 0.562. The van der Waals surface area contributed by atoms with Crippen molar-refractivity contribution in [3.63, 3.8) is 0 Å². The molecule has 0 saturated heterocycles. The van der Waals surface area contributed by atoms with Gasteiger partial charge in [-0.15, -0.1) is 11.6 Å². The highest BCUT2D eigenvalue weighted by molar-refractivity contribution is 6.18. The van der Waals surface area contributed by atoms with Crippen molar-refractivity contribution >= 4 is 17.5 Å². The van der Waals surface area contributed by atoms with E-state index in [2.05, 4.69) is 19.1 Å². The molecule has 19 heavy (non-hydrogen) atoms. The van der Waals surface area contributed by atoms with E-state index in [1.54, 1.807) is 0 Å². The summed E-state index contributed by atoms with van der Waals surface area (Å²) in [5.41, 5.74) is 3.59. The Morgan fingerprint density at radius 2 is 2.05 bits per heavy atom. The van der Waals surface area contributed by atoms with Crippen LogP contribution in [-0.4, -0.2) is 29.8 Å². The lowest BCUT2D eigenvalue weighted by atomic mass is 10.1. The number of rotatable bonds is 6. The van der Waals surface area contributed by atoms with Gasteiger partial charge in [-0.3, -0.25) is 4.79 Å². The average molecular weight is 280 g/mol. The van der Waals surface area contributed by atoms with Gasteiger partial charge in [-0.05, 0) is 48.9 Å². The number of nitrogens with zero attached hydrogens (tertiary/aromatic N) is 1. The molecule has 104 valence electrons. The third kappa shape index (κ3) is 3.50. The fourth-order valence-electron chi connectivity index (χ4n) is 2.65. The Morgan fingerprint density at radius 1 is 1.26 bits per heavy atom. The summed E-state index contributed by atoms with van der Waals surface area (Å²) in [6, 6.07) is 6.17. The molecule has 1 aliphatic rings. The summed E-state index contributed by atoms with van der Waals surface area (Å²) in [6.07, 6.45) is 5.62. The molecule has 0 unspecified atom stereocenters. The van der Waals surface area contributed by atoms with Gasteiger partial charge in [-0.1, -0.05) is 19.4 Å². The highest BCUT2D eigenvalue weighted by atomic mass is 35.5. The zero-order valence-corrected chi connectivity index (χ0v) is 12.4. The van der Waals surface area contributed by atoms with Crippen molar-refractivity contribution in [2.45, 2.75) is 39.0 Å². The second-order valence-corrected chi connectivity index (χ2v) is 5.55. The maximum absolute atomic E-state index is 12.5. The Hall–Kier alpha value is -1.02. The summed E-state index contributed by atoms with van der Waals surface area (Å²) in [7, 11) is 0. The number of alkyl halides is 1. The predicted octanol–water partition coefficient (Wildman–Crippen LogP) is 3.66. The van der Waals surface area contributed by atoms with E-state index in [1.807, 2.05) is 11.0 Å². The molecular formula is C16H22ClNO. The SMILES string of the molecule is CCCCN(CCCl)C(=O)c1ccc2c(c1)CCC2. The van der Waals surface area contributed by atoms with E-state index >= 15 is 0 Å². The first-order chi connectivity index (χ1) is 9.26. The van der Waals surface area contributed by atoms with Crippen LogP contribution in [0.15, 0.2) is 18.2 Å². The number of hydrogen-bond acceptors (Lipinski definition) is 1. The van der Waals surface area contributed by atoms with Crippen LogP contribution in [0, 0.1) is 0 Å². The summed E-state index contributed by atoms with van der Waals surface area (Å²) in [5.74, 6) is 0.629. The molecular weight excluding hydrogens is 258 g/mol. The normalized spacial score (nSPS) is 13.4. The lowest BCUT2D eigenvalue weighted by molar-refractivity contribution is 0.0763. The summed E-state index contributed by atoms with van der Waals surface area (Å²) >= 11 is 5.81. The Morgan fingerprint density at radius 3 is 2.79 bits per heavy atom. The van der Waals surface area contributed by atoms with Gasteiger partial charge < -0.3 is 4.90 Å². The van der Waals surface area contributed by atoms with Gasteiger partial charge in [0, 0.05) is 24.5 Å². The van der Waals surface area contributed by atoms with Crippen LogP contribution in [0.3, 0.4) is 0 Å². The van der Waals surface area contributed by atoms with E-state index in [4.69, 9.17) is 11.6 Å². The maximum Gasteiger partial charge on any atom is 0.253 e. The standard InChI is InChI=1S/C16H22ClNO/c1-2-3-10-18(11-9-17)16(19)15-8-7-13-5-4-6-14(13)12-15/h7-8,12H,2-6,9-11H2,1H3. The minimum Gasteiger partial charge on any atom is -0.337 e. The summed E-state index contributed by atoms with van der Waals surface area (Å²) < 4.78 is 0. The molecule has 1 amide bonds.